The van der Waals surface area contributed by atoms with Crippen LogP contribution in [-0.4, -0.2) is 17.1 Å². The molecule has 7 heteroatoms. The number of halogens is 2. The van der Waals surface area contributed by atoms with Gasteiger partial charge in [-0.15, -0.1) is 11.8 Å². The van der Waals surface area contributed by atoms with E-state index in [4.69, 9.17) is 0 Å². The molecular formula is C22H18F2N2O2S. The Bertz CT molecular complexity index is 1040. The van der Waals surface area contributed by atoms with Gasteiger partial charge in [0, 0.05) is 4.90 Å². The van der Waals surface area contributed by atoms with E-state index in [0.29, 0.717) is 10.6 Å². The highest BCUT2D eigenvalue weighted by atomic mass is 32.2. The third-order valence-corrected chi connectivity index (χ3v) is 5.24. The van der Waals surface area contributed by atoms with Crippen molar-refractivity contribution < 1.29 is 18.4 Å². The smallest absolute Gasteiger partial charge is 0.258 e. The Labute approximate surface area is 171 Å². The lowest BCUT2D eigenvalue weighted by Crippen LogP contribution is -2.23. The molecule has 0 aliphatic carbocycles. The summed E-state index contributed by atoms with van der Waals surface area (Å²) >= 11 is 1.20. The zero-order valence-corrected chi connectivity index (χ0v) is 16.3. The minimum absolute atomic E-state index is 0.0716. The number of anilines is 2. The summed E-state index contributed by atoms with van der Waals surface area (Å²) in [6.45, 7) is 1.68. The predicted molar refractivity (Wildman–Crippen MR) is 111 cm³/mol. The maximum atomic E-state index is 13.8. The van der Waals surface area contributed by atoms with Crippen molar-refractivity contribution in [1.82, 2.24) is 0 Å². The number of hydrogen-bond acceptors (Lipinski definition) is 3. The van der Waals surface area contributed by atoms with Crippen LogP contribution in [0, 0.1) is 11.6 Å². The molecule has 0 saturated carbocycles. The summed E-state index contributed by atoms with van der Waals surface area (Å²) in [4.78, 5) is 25.5. The van der Waals surface area contributed by atoms with Gasteiger partial charge < -0.3 is 10.6 Å². The summed E-state index contributed by atoms with van der Waals surface area (Å²) in [6.07, 6.45) is 0. The fourth-order valence-corrected chi connectivity index (χ4v) is 3.50. The van der Waals surface area contributed by atoms with Gasteiger partial charge >= 0.3 is 0 Å². The van der Waals surface area contributed by atoms with Crippen LogP contribution in [-0.2, 0) is 4.79 Å². The number of rotatable bonds is 6. The molecule has 0 aliphatic rings. The number of thioether (sulfide) groups is 1. The lowest BCUT2D eigenvalue weighted by atomic mass is 10.2. The largest absolute Gasteiger partial charge is 0.323 e. The van der Waals surface area contributed by atoms with Gasteiger partial charge in [0.2, 0.25) is 5.91 Å². The molecule has 3 aromatic rings. The Morgan fingerprint density at radius 2 is 1.38 bits per heavy atom. The van der Waals surface area contributed by atoms with Crippen LogP contribution < -0.4 is 10.6 Å². The van der Waals surface area contributed by atoms with Crippen LogP contribution in [0.5, 0.6) is 0 Å². The van der Waals surface area contributed by atoms with Crippen molar-refractivity contribution in [2.45, 2.75) is 17.1 Å². The van der Waals surface area contributed by atoms with Crippen molar-refractivity contribution in [2.24, 2.45) is 0 Å². The molecule has 0 unspecified atom stereocenters. The van der Waals surface area contributed by atoms with E-state index in [1.165, 1.54) is 48.2 Å². The molecule has 3 aromatic carbocycles. The lowest BCUT2D eigenvalue weighted by Gasteiger charge is -2.15. The molecule has 0 heterocycles. The van der Waals surface area contributed by atoms with Gasteiger partial charge in [-0.1, -0.05) is 36.4 Å². The monoisotopic (exact) mass is 412 g/mol. The molecule has 0 fully saturated rings. The van der Waals surface area contributed by atoms with E-state index in [1.54, 1.807) is 43.3 Å². The molecule has 1 atom stereocenters. The molecule has 29 heavy (non-hydrogen) atoms. The normalized spacial score (nSPS) is 11.6. The van der Waals surface area contributed by atoms with E-state index in [-0.39, 0.29) is 17.2 Å². The van der Waals surface area contributed by atoms with Crippen molar-refractivity contribution in [2.75, 3.05) is 10.6 Å². The second-order valence-electron chi connectivity index (χ2n) is 6.16. The molecule has 0 aromatic heterocycles. The first kappa shape index (κ1) is 20.5. The summed E-state index contributed by atoms with van der Waals surface area (Å²) in [5, 5.41) is 4.66. The molecule has 0 radical (unpaired) electrons. The highest BCUT2D eigenvalue weighted by molar-refractivity contribution is 8.00. The summed E-state index contributed by atoms with van der Waals surface area (Å²) in [5.74, 6) is -2.10. The van der Waals surface area contributed by atoms with Gasteiger partial charge in [0.15, 0.2) is 0 Å². The Balaban J connectivity index is 1.71. The Morgan fingerprint density at radius 1 is 0.793 bits per heavy atom. The summed E-state index contributed by atoms with van der Waals surface area (Å²) in [6, 6.07) is 18.5. The highest BCUT2D eigenvalue weighted by Gasteiger charge is 2.19. The summed E-state index contributed by atoms with van der Waals surface area (Å²) in [7, 11) is 0. The second-order valence-corrected chi connectivity index (χ2v) is 7.54. The third kappa shape index (κ3) is 5.20. The zero-order chi connectivity index (χ0) is 20.8. The molecular weight excluding hydrogens is 394 g/mol. The quantitative estimate of drug-likeness (QED) is 0.538. The van der Waals surface area contributed by atoms with Crippen LogP contribution in [0.4, 0.5) is 20.2 Å². The Morgan fingerprint density at radius 3 is 2.07 bits per heavy atom. The fourth-order valence-electron chi connectivity index (χ4n) is 2.55. The second kappa shape index (κ2) is 9.34. The first-order chi connectivity index (χ1) is 14.0. The zero-order valence-electron chi connectivity index (χ0n) is 15.5. The molecule has 0 bridgehead atoms. The topological polar surface area (TPSA) is 58.2 Å². The maximum Gasteiger partial charge on any atom is 0.258 e. The van der Waals surface area contributed by atoms with E-state index < -0.39 is 22.8 Å². The van der Waals surface area contributed by atoms with Crippen LogP contribution in [0.15, 0.2) is 77.7 Å². The van der Waals surface area contributed by atoms with Crippen LogP contribution in [0.25, 0.3) is 0 Å². The van der Waals surface area contributed by atoms with Gasteiger partial charge in [0.1, 0.15) is 11.6 Å². The van der Waals surface area contributed by atoms with E-state index in [2.05, 4.69) is 10.6 Å². The van der Waals surface area contributed by atoms with Crippen molar-refractivity contribution in [3.05, 3.63) is 90.0 Å². The average molecular weight is 412 g/mol. The first-order valence-corrected chi connectivity index (χ1v) is 9.70. The number of nitrogens with one attached hydrogen (secondary N) is 2. The maximum absolute atomic E-state index is 13.8. The van der Waals surface area contributed by atoms with Crippen LogP contribution in [0.1, 0.15) is 17.3 Å². The molecule has 4 nitrogen and oxygen atoms in total. The number of para-hydroxylation sites is 2. The predicted octanol–water partition coefficient (Wildman–Crippen LogP) is 5.34. The van der Waals surface area contributed by atoms with Gasteiger partial charge in [-0.25, -0.2) is 8.78 Å². The molecule has 2 N–H and O–H groups in total. The van der Waals surface area contributed by atoms with Crippen molar-refractivity contribution in [3.8, 4) is 0 Å². The average Bonchev–Trinajstić information content (AvgIpc) is 2.71. The van der Waals surface area contributed by atoms with E-state index in [9.17, 15) is 18.4 Å². The minimum atomic E-state index is -0.618. The van der Waals surface area contributed by atoms with Crippen LogP contribution in [0.3, 0.4) is 0 Å². The number of carbonyl (C=O) groups excluding carboxylic acids is 2. The molecule has 2 amide bonds. The minimum Gasteiger partial charge on any atom is -0.323 e. The number of benzene rings is 3. The molecule has 3 rings (SSSR count). The third-order valence-electron chi connectivity index (χ3n) is 4.06. The molecule has 0 spiro atoms. The fraction of sp³-hybridized carbons (Fsp3) is 0.0909. The summed E-state index contributed by atoms with van der Waals surface area (Å²) in [5.41, 5.74) is 0.486. The standard InChI is InChI=1S/C22H18F2N2O2S/c1-14(21(27)25-18-11-5-4-10-17(18)24)29-20-13-7-6-12-19(20)26-22(28)15-8-2-3-9-16(15)23/h2-14H,1H3,(H,25,27)(H,26,28)/t14-/m0/s1. The van der Waals surface area contributed by atoms with Crippen LogP contribution in [0.2, 0.25) is 0 Å². The number of carbonyl (C=O) groups is 2. The van der Waals surface area contributed by atoms with Crippen molar-refractivity contribution >= 4 is 35.0 Å². The van der Waals surface area contributed by atoms with E-state index in [0.717, 1.165) is 0 Å². The number of hydrogen-bond donors (Lipinski definition) is 2. The molecule has 148 valence electrons. The number of amides is 2. The SMILES string of the molecule is C[C@H](Sc1ccccc1NC(=O)c1ccccc1F)C(=O)Nc1ccccc1F. The van der Waals surface area contributed by atoms with E-state index in [1.807, 2.05) is 0 Å². The van der Waals surface area contributed by atoms with Gasteiger partial charge in [0.25, 0.3) is 5.91 Å². The van der Waals surface area contributed by atoms with Gasteiger partial charge in [-0.3, -0.25) is 9.59 Å². The van der Waals surface area contributed by atoms with Crippen LogP contribution >= 0.6 is 11.8 Å². The van der Waals surface area contributed by atoms with Crippen molar-refractivity contribution in [3.63, 3.8) is 0 Å². The van der Waals surface area contributed by atoms with Gasteiger partial charge in [0.05, 0.1) is 22.2 Å². The van der Waals surface area contributed by atoms with Crippen molar-refractivity contribution in [1.29, 1.82) is 0 Å². The summed E-state index contributed by atoms with van der Waals surface area (Å²) < 4.78 is 27.6. The Kier molecular flexibility index (Phi) is 6.61. The Hall–Kier alpha value is -3.19. The van der Waals surface area contributed by atoms with Gasteiger partial charge in [-0.05, 0) is 43.3 Å². The lowest BCUT2D eigenvalue weighted by molar-refractivity contribution is -0.115. The molecule has 0 saturated heterocycles. The highest BCUT2D eigenvalue weighted by Crippen LogP contribution is 2.31. The first-order valence-electron chi connectivity index (χ1n) is 8.82. The molecule has 0 aliphatic heterocycles. The van der Waals surface area contributed by atoms with E-state index >= 15 is 0 Å². The van der Waals surface area contributed by atoms with Gasteiger partial charge in [-0.2, -0.15) is 0 Å².